The number of rotatable bonds is 5. The van der Waals surface area contributed by atoms with Crippen molar-refractivity contribution >= 4 is 29.3 Å². The normalized spacial score (nSPS) is 11.0. The zero-order valence-corrected chi connectivity index (χ0v) is 15.9. The summed E-state index contributed by atoms with van der Waals surface area (Å²) in [6.45, 7) is 0. The van der Waals surface area contributed by atoms with Gasteiger partial charge in [0.05, 0.1) is 0 Å². The van der Waals surface area contributed by atoms with Gasteiger partial charge in [0, 0.05) is 17.1 Å². The number of nitrogens with one attached hydrogen (secondary N) is 1. The number of aromatic hydroxyl groups is 1. The summed E-state index contributed by atoms with van der Waals surface area (Å²) in [7, 11) is 0. The summed E-state index contributed by atoms with van der Waals surface area (Å²) >= 11 is 6.32. The Morgan fingerprint density at radius 2 is 1.83 bits per heavy atom. The average molecular weight is 407 g/mol. The summed E-state index contributed by atoms with van der Waals surface area (Å²) in [6, 6.07) is 19.3. The Bertz CT molecular complexity index is 1120. The van der Waals surface area contributed by atoms with E-state index in [9.17, 15) is 19.6 Å². The molecule has 0 aromatic heterocycles. The lowest BCUT2D eigenvalue weighted by Crippen LogP contribution is -2.13. The van der Waals surface area contributed by atoms with Crippen molar-refractivity contribution in [1.29, 1.82) is 5.26 Å². The van der Waals surface area contributed by atoms with Crippen molar-refractivity contribution in [2.45, 2.75) is 6.42 Å². The Morgan fingerprint density at radius 1 is 1.10 bits per heavy atom. The number of nitriles is 1. The summed E-state index contributed by atoms with van der Waals surface area (Å²) in [6.07, 6.45) is 1.76. The van der Waals surface area contributed by atoms with Crippen molar-refractivity contribution in [2.75, 3.05) is 5.32 Å². The van der Waals surface area contributed by atoms with Gasteiger partial charge in [-0.25, -0.2) is 4.39 Å². The van der Waals surface area contributed by atoms with E-state index in [0.29, 0.717) is 28.3 Å². The van der Waals surface area contributed by atoms with Crippen molar-refractivity contribution in [3.05, 3.63) is 99.8 Å². The van der Waals surface area contributed by atoms with Crippen molar-refractivity contribution in [1.82, 2.24) is 0 Å². The lowest BCUT2D eigenvalue weighted by Gasteiger charge is -2.08. The van der Waals surface area contributed by atoms with Gasteiger partial charge in [0.25, 0.3) is 5.91 Å². The lowest BCUT2D eigenvalue weighted by atomic mass is 10.0. The second-order valence-corrected chi connectivity index (χ2v) is 6.70. The molecule has 0 saturated carbocycles. The summed E-state index contributed by atoms with van der Waals surface area (Å²) in [5.74, 6) is -0.806. The highest BCUT2D eigenvalue weighted by Crippen LogP contribution is 2.24. The number of carbonyl (C=O) groups is 1. The molecule has 29 heavy (non-hydrogen) atoms. The molecule has 2 N–H and O–H groups in total. The zero-order valence-electron chi connectivity index (χ0n) is 15.2. The Labute approximate surface area is 172 Å². The molecule has 6 heteroatoms. The van der Waals surface area contributed by atoms with E-state index in [-0.39, 0.29) is 17.1 Å². The van der Waals surface area contributed by atoms with Crippen LogP contribution in [0.15, 0.2) is 72.3 Å². The van der Waals surface area contributed by atoms with Crippen LogP contribution >= 0.6 is 11.6 Å². The van der Waals surface area contributed by atoms with Crippen LogP contribution in [0.5, 0.6) is 5.75 Å². The number of halogens is 2. The van der Waals surface area contributed by atoms with E-state index in [1.165, 1.54) is 36.4 Å². The fraction of sp³-hybridized carbons (Fsp3) is 0.0435. The van der Waals surface area contributed by atoms with E-state index in [4.69, 9.17) is 11.6 Å². The van der Waals surface area contributed by atoms with E-state index < -0.39 is 5.91 Å². The monoisotopic (exact) mass is 406 g/mol. The molecule has 0 fully saturated rings. The number of phenols is 1. The summed E-state index contributed by atoms with van der Waals surface area (Å²) in [5, 5.41) is 21.6. The van der Waals surface area contributed by atoms with Crippen molar-refractivity contribution < 1.29 is 14.3 Å². The Hall–Kier alpha value is -3.62. The topological polar surface area (TPSA) is 73.1 Å². The minimum atomic E-state index is -0.579. The molecule has 0 atom stereocenters. The molecule has 3 rings (SSSR count). The van der Waals surface area contributed by atoms with Crippen molar-refractivity contribution in [3.8, 4) is 11.8 Å². The van der Waals surface area contributed by atoms with Gasteiger partial charge in [-0.15, -0.1) is 0 Å². The Morgan fingerprint density at radius 3 is 2.48 bits per heavy atom. The molecule has 3 aromatic rings. The average Bonchev–Trinajstić information content (AvgIpc) is 2.71. The van der Waals surface area contributed by atoms with E-state index in [0.717, 1.165) is 5.56 Å². The molecule has 3 aromatic carbocycles. The van der Waals surface area contributed by atoms with Crippen LogP contribution in [-0.4, -0.2) is 11.0 Å². The van der Waals surface area contributed by atoms with E-state index >= 15 is 0 Å². The van der Waals surface area contributed by atoms with Gasteiger partial charge in [0.2, 0.25) is 0 Å². The second kappa shape index (κ2) is 9.05. The van der Waals surface area contributed by atoms with Gasteiger partial charge < -0.3 is 10.4 Å². The van der Waals surface area contributed by atoms with Crippen molar-refractivity contribution in [2.24, 2.45) is 0 Å². The highest BCUT2D eigenvalue weighted by atomic mass is 35.5. The number of hydrogen-bond donors (Lipinski definition) is 2. The third-order valence-electron chi connectivity index (χ3n) is 4.22. The van der Waals surface area contributed by atoms with E-state index in [2.05, 4.69) is 5.32 Å². The van der Waals surface area contributed by atoms with Gasteiger partial charge in [-0.1, -0.05) is 41.9 Å². The minimum Gasteiger partial charge on any atom is -0.508 e. The molecule has 0 radical (unpaired) electrons. The molecule has 0 saturated heterocycles. The fourth-order valence-corrected chi connectivity index (χ4v) is 2.96. The number of benzene rings is 3. The first-order chi connectivity index (χ1) is 14.0. The second-order valence-electron chi connectivity index (χ2n) is 6.29. The van der Waals surface area contributed by atoms with Gasteiger partial charge in [0.1, 0.15) is 23.2 Å². The third-order valence-corrected chi connectivity index (χ3v) is 4.57. The van der Waals surface area contributed by atoms with Gasteiger partial charge in [-0.05, 0) is 59.2 Å². The molecule has 0 aliphatic carbocycles. The maximum atomic E-state index is 13.8. The first-order valence-electron chi connectivity index (χ1n) is 8.70. The number of amides is 1. The summed E-state index contributed by atoms with van der Waals surface area (Å²) < 4.78 is 13.8. The molecule has 0 aliphatic rings. The van der Waals surface area contributed by atoms with Crippen LogP contribution in [0, 0.1) is 17.1 Å². The number of hydrogen-bond acceptors (Lipinski definition) is 3. The molecular formula is C23H16ClFN2O2. The maximum Gasteiger partial charge on any atom is 0.266 e. The van der Waals surface area contributed by atoms with Crippen LogP contribution in [0.4, 0.5) is 10.1 Å². The Balaban J connectivity index is 1.78. The Kier molecular flexibility index (Phi) is 6.28. The van der Waals surface area contributed by atoms with Crippen molar-refractivity contribution in [3.63, 3.8) is 0 Å². The maximum absolute atomic E-state index is 13.8. The largest absolute Gasteiger partial charge is 0.508 e. The van der Waals surface area contributed by atoms with E-state index in [1.54, 1.807) is 36.4 Å². The third kappa shape index (κ3) is 5.22. The molecule has 0 bridgehead atoms. The van der Waals surface area contributed by atoms with Crippen LogP contribution in [0.3, 0.4) is 0 Å². The summed E-state index contributed by atoms with van der Waals surface area (Å²) in [5.41, 5.74) is 2.19. The van der Waals surface area contributed by atoms with Gasteiger partial charge in [-0.2, -0.15) is 5.26 Å². The SMILES string of the molecule is N#C/C(=C\c1ccc(Cc2ccccc2F)c(Cl)c1)C(=O)Nc1ccc(O)cc1. The van der Waals surface area contributed by atoms with Gasteiger partial charge >= 0.3 is 0 Å². The van der Waals surface area contributed by atoms with Crippen LogP contribution < -0.4 is 5.32 Å². The molecule has 0 aliphatic heterocycles. The minimum absolute atomic E-state index is 0.0733. The highest BCUT2D eigenvalue weighted by molar-refractivity contribution is 6.31. The molecule has 0 spiro atoms. The predicted molar refractivity (Wildman–Crippen MR) is 111 cm³/mol. The highest BCUT2D eigenvalue weighted by Gasteiger charge is 2.11. The zero-order chi connectivity index (χ0) is 20.8. The number of nitrogens with zero attached hydrogens (tertiary/aromatic N) is 1. The van der Waals surface area contributed by atoms with Crippen LogP contribution in [0.1, 0.15) is 16.7 Å². The summed E-state index contributed by atoms with van der Waals surface area (Å²) in [4.78, 5) is 12.3. The standard InChI is InChI=1S/C23H16ClFN2O2/c24-21-12-15(5-6-16(21)13-17-3-1-2-4-22(17)25)11-18(14-26)23(29)27-19-7-9-20(28)10-8-19/h1-12,28H,13H2,(H,27,29)/b18-11+. The predicted octanol–water partition coefficient (Wildman–Crippen LogP) is 5.32. The molecule has 1 amide bonds. The lowest BCUT2D eigenvalue weighted by molar-refractivity contribution is -0.112. The number of phenolic OH excluding ortho intramolecular Hbond substituents is 1. The molecule has 0 heterocycles. The quantitative estimate of drug-likeness (QED) is 0.342. The van der Waals surface area contributed by atoms with Gasteiger partial charge in [0.15, 0.2) is 0 Å². The molecular weight excluding hydrogens is 391 g/mol. The molecule has 4 nitrogen and oxygen atoms in total. The molecule has 0 unspecified atom stereocenters. The van der Waals surface area contributed by atoms with Crippen LogP contribution in [-0.2, 0) is 11.2 Å². The van der Waals surface area contributed by atoms with Crippen LogP contribution in [0.25, 0.3) is 6.08 Å². The molecule has 144 valence electrons. The first kappa shape index (κ1) is 20.1. The number of anilines is 1. The fourth-order valence-electron chi connectivity index (χ4n) is 2.70. The van der Waals surface area contributed by atoms with Gasteiger partial charge in [-0.3, -0.25) is 4.79 Å². The smallest absolute Gasteiger partial charge is 0.266 e. The first-order valence-corrected chi connectivity index (χ1v) is 9.08. The van der Waals surface area contributed by atoms with Crippen LogP contribution in [0.2, 0.25) is 5.02 Å². The number of carbonyl (C=O) groups excluding carboxylic acids is 1. The van der Waals surface area contributed by atoms with E-state index in [1.807, 2.05) is 6.07 Å².